The summed E-state index contributed by atoms with van der Waals surface area (Å²) in [5, 5.41) is 3.83. The van der Waals surface area contributed by atoms with E-state index in [9.17, 15) is 4.39 Å². The van der Waals surface area contributed by atoms with Crippen molar-refractivity contribution in [2.75, 3.05) is 17.7 Å². The van der Waals surface area contributed by atoms with Crippen LogP contribution in [0.5, 0.6) is 5.75 Å². The Hall–Kier alpha value is -1.65. The maximum Gasteiger partial charge on any atom is 0.167 e. The standard InChI is InChI=1S/C15H15Cl2FN2O/c1-2-6-21-14-8-13(11(19)7-10(14)18)20-12-5-3-4-9(16)15(12)17/h3-5,7-8,20H,2,6,19H2,1H3. The highest BCUT2D eigenvalue weighted by Crippen LogP contribution is 2.35. The van der Waals surface area contributed by atoms with Crippen LogP contribution < -0.4 is 15.8 Å². The van der Waals surface area contributed by atoms with Gasteiger partial charge in [0.1, 0.15) is 0 Å². The SMILES string of the molecule is CCCOc1cc(Nc2cccc(Cl)c2Cl)c(N)cc1F. The summed E-state index contributed by atoms with van der Waals surface area (Å²) < 4.78 is 19.1. The van der Waals surface area contributed by atoms with Gasteiger partial charge in [-0.15, -0.1) is 0 Å². The highest BCUT2D eigenvalue weighted by molar-refractivity contribution is 6.43. The predicted molar refractivity (Wildman–Crippen MR) is 86.3 cm³/mol. The van der Waals surface area contributed by atoms with Gasteiger partial charge in [0, 0.05) is 12.1 Å². The lowest BCUT2D eigenvalue weighted by molar-refractivity contribution is 0.301. The van der Waals surface area contributed by atoms with Crippen LogP contribution in [0, 0.1) is 5.82 Å². The molecule has 21 heavy (non-hydrogen) atoms. The van der Waals surface area contributed by atoms with Gasteiger partial charge in [0.25, 0.3) is 0 Å². The first-order valence-electron chi connectivity index (χ1n) is 6.45. The molecule has 3 nitrogen and oxygen atoms in total. The van der Waals surface area contributed by atoms with Crippen molar-refractivity contribution in [3.8, 4) is 5.75 Å². The zero-order valence-electron chi connectivity index (χ0n) is 11.4. The summed E-state index contributed by atoms with van der Waals surface area (Å²) in [6.45, 7) is 2.37. The maximum atomic E-state index is 13.8. The number of nitrogens with one attached hydrogen (secondary N) is 1. The Morgan fingerprint density at radius 2 is 2.00 bits per heavy atom. The molecule has 0 aliphatic carbocycles. The van der Waals surface area contributed by atoms with Crippen molar-refractivity contribution in [2.24, 2.45) is 0 Å². The monoisotopic (exact) mass is 328 g/mol. The Balaban J connectivity index is 2.33. The molecule has 0 radical (unpaired) electrons. The average molecular weight is 329 g/mol. The third-order valence-electron chi connectivity index (χ3n) is 2.79. The number of ether oxygens (including phenoxy) is 1. The second-order valence-corrected chi connectivity index (χ2v) is 5.23. The molecule has 0 atom stereocenters. The van der Waals surface area contributed by atoms with Gasteiger partial charge in [-0.05, 0) is 18.6 Å². The van der Waals surface area contributed by atoms with Gasteiger partial charge >= 0.3 is 0 Å². The summed E-state index contributed by atoms with van der Waals surface area (Å²) in [4.78, 5) is 0. The molecule has 6 heteroatoms. The Morgan fingerprint density at radius 3 is 2.71 bits per heavy atom. The molecule has 0 saturated carbocycles. The van der Waals surface area contributed by atoms with Gasteiger partial charge in [-0.25, -0.2) is 4.39 Å². The molecule has 0 bridgehead atoms. The lowest BCUT2D eigenvalue weighted by atomic mass is 10.2. The van der Waals surface area contributed by atoms with E-state index >= 15 is 0 Å². The summed E-state index contributed by atoms with van der Waals surface area (Å²) >= 11 is 12.1. The molecule has 3 N–H and O–H groups in total. The van der Waals surface area contributed by atoms with E-state index < -0.39 is 5.82 Å². The Labute approximate surface area is 132 Å². The highest BCUT2D eigenvalue weighted by Gasteiger charge is 2.11. The van der Waals surface area contributed by atoms with E-state index in [1.165, 1.54) is 12.1 Å². The molecular formula is C15H15Cl2FN2O. The minimum Gasteiger partial charge on any atom is -0.490 e. The molecule has 0 aliphatic heterocycles. The van der Waals surface area contributed by atoms with Crippen LogP contribution in [0.15, 0.2) is 30.3 Å². The summed E-state index contributed by atoms with van der Waals surface area (Å²) in [5.41, 5.74) is 7.17. The first-order valence-corrected chi connectivity index (χ1v) is 7.21. The number of nitrogens with two attached hydrogens (primary N) is 1. The maximum absolute atomic E-state index is 13.8. The number of benzene rings is 2. The highest BCUT2D eigenvalue weighted by atomic mass is 35.5. The number of rotatable bonds is 5. The van der Waals surface area contributed by atoms with E-state index in [0.717, 1.165) is 6.42 Å². The molecule has 0 aromatic heterocycles. The molecule has 2 rings (SSSR count). The lowest BCUT2D eigenvalue weighted by Gasteiger charge is -2.14. The fourth-order valence-corrected chi connectivity index (χ4v) is 2.09. The van der Waals surface area contributed by atoms with E-state index in [2.05, 4.69) is 5.32 Å². The van der Waals surface area contributed by atoms with E-state index in [4.69, 9.17) is 33.7 Å². The quantitative estimate of drug-likeness (QED) is 0.737. The van der Waals surface area contributed by atoms with E-state index in [-0.39, 0.29) is 11.4 Å². The summed E-state index contributed by atoms with van der Waals surface area (Å²) in [6.07, 6.45) is 0.784. The number of hydrogen-bond acceptors (Lipinski definition) is 3. The van der Waals surface area contributed by atoms with Crippen LogP contribution in [-0.2, 0) is 0 Å². The first kappa shape index (κ1) is 15.7. The Bertz CT molecular complexity index is 650. The van der Waals surface area contributed by atoms with Crippen molar-refractivity contribution in [1.82, 2.24) is 0 Å². The van der Waals surface area contributed by atoms with E-state index in [1.54, 1.807) is 18.2 Å². The van der Waals surface area contributed by atoms with Crippen LogP contribution >= 0.6 is 23.2 Å². The topological polar surface area (TPSA) is 47.3 Å². The van der Waals surface area contributed by atoms with Crippen molar-refractivity contribution >= 4 is 40.3 Å². The third kappa shape index (κ3) is 3.71. The molecule has 0 amide bonds. The predicted octanol–water partition coefficient (Wildman–Crippen LogP) is 5.25. The molecule has 0 heterocycles. The van der Waals surface area contributed by atoms with Gasteiger partial charge in [-0.1, -0.05) is 36.2 Å². The van der Waals surface area contributed by atoms with E-state index in [0.29, 0.717) is 28.0 Å². The molecule has 0 unspecified atom stereocenters. The van der Waals surface area contributed by atoms with Crippen LogP contribution in [0.25, 0.3) is 0 Å². The van der Waals surface area contributed by atoms with Crippen LogP contribution in [0.4, 0.5) is 21.5 Å². The lowest BCUT2D eigenvalue weighted by Crippen LogP contribution is -2.02. The largest absolute Gasteiger partial charge is 0.490 e. The molecular weight excluding hydrogens is 314 g/mol. The third-order valence-corrected chi connectivity index (χ3v) is 3.61. The number of anilines is 3. The second kappa shape index (κ2) is 6.87. The van der Waals surface area contributed by atoms with Gasteiger partial charge in [-0.2, -0.15) is 0 Å². The van der Waals surface area contributed by atoms with E-state index in [1.807, 2.05) is 6.92 Å². The average Bonchev–Trinajstić information content (AvgIpc) is 2.45. The van der Waals surface area contributed by atoms with Crippen molar-refractivity contribution < 1.29 is 9.13 Å². The first-order chi connectivity index (χ1) is 10.0. The molecule has 112 valence electrons. The van der Waals surface area contributed by atoms with Gasteiger partial charge < -0.3 is 15.8 Å². The molecule has 0 saturated heterocycles. The van der Waals surface area contributed by atoms with Crippen LogP contribution in [0.1, 0.15) is 13.3 Å². The van der Waals surface area contributed by atoms with Gasteiger partial charge in [-0.3, -0.25) is 0 Å². The normalized spacial score (nSPS) is 10.5. The molecule has 0 fully saturated rings. The van der Waals surface area contributed by atoms with Crippen LogP contribution in [-0.4, -0.2) is 6.61 Å². The molecule has 2 aromatic carbocycles. The van der Waals surface area contributed by atoms with Crippen molar-refractivity contribution in [2.45, 2.75) is 13.3 Å². The Kier molecular flexibility index (Phi) is 5.15. The van der Waals surface area contributed by atoms with Crippen molar-refractivity contribution in [3.05, 3.63) is 46.2 Å². The fourth-order valence-electron chi connectivity index (χ4n) is 1.75. The van der Waals surface area contributed by atoms with Crippen LogP contribution in [0.2, 0.25) is 10.0 Å². The number of hydrogen-bond donors (Lipinski definition) is 2. The Morgan fingerprint density at radius 1 is 1.24 bits per heavy atom. The van der Waals surface area contributed by atoms with Gasteiger partial charge in [0.2, 0.25) is 0 Å². The zero-order chi connectivity index (χ0) is 15.4. The second-order valence-electron chi connectivity index (χ2n) is 4.44. The molecule has 2 aromatic rings. The van der Waals surface area contributed by atoms with Gasteiger partial charge in [0.15, 0.2) is 11.6 Å². The summed E-state index contributed by atoms with van der Waals surface area (Å²) in [7, 11) is 0. The van der Waals surface area contributed by atoms with Crippen LogP contribution in [0.3, 0.4) is 0 Å². The summed E-state index contributed by atoms with van der Waals surface area (Å²) in [6, 6.07) is 7.91. The number of halogens is 3. The molecule has 0 aliphatic rings. The molecule has 0 spiro atoms. The minimum absolute atomic E-state index is 0.145. The zero-order valence-corrected chi connectivity index (χ0v) is 12.9. The van der Waals surface area contributed by atoms with Gasteiger partial charge in [0.05, 0.1) is 33.7 Å². The number of nitrogen functional groups attached to an aromatic ring is 1. The smallest absolute Gasteiger partial charge is 0.167 e. The fraction of sp³-hybridized carbons (Fsp3) is 0.200. The minimum atomic E-state index is -0.497. The summed E-state index contributed by atoms with van der Waals surface area (Å²) in [5.74, 6) is -0.351. The van der Waals surface area contributed by atoms with Crippen molar-refractivity contribution in [1.29, 1.82) is 0 Å². The van der Waals surface area contributed by atoms with Crippen molar-refractivity contribution in [3.63, 3.8) is 0 Å².